The van der Waals surface area contributed by atoms with Gasteiger partial charge in [0, 0.05) is 37.8 Å². The molecule has 0 spiro atoms. The summed E-state index contributed by atoms with van der Waals surface area (Å²) < 4.78 is 11.1. The zero-order valence-corrected chi connectivity index (χ0v) is 15.3. The van der Waals surface area contributed by atoms with Crippen LogP contribution in [0.15, 0.2) is 18.2 Å². The number of hydrogen-bond donors (Lipinski definition) is 2. The van der Waals surface area contributed by atoms with Crippen molar-refractivity contribution in [2.24, 2.45) is 0 Å². The topological polar surface area (TPSA) is 79.9 Å². The van der Waals surface area contributed by atoms with Crippen LogP contribution in [0.4, 0.5) is 10.5 Å². The van der Waals surface area contributed by atoms with Crippen LogP contribution in [-0.4, -0.2) is 44.3 Å². The fraction of sp³-hybridized carbons (Fsp3) is 0.579. The Bertz CT molecular complexity index is 644. The summed E-state index contributed by atoms with van der Waals surface area (Å²) in [5.74, 6) is 1.24. The number of hydrogen-bond acceptors (Lipinski definition) is 4. The molecule has 2 N–H and O–H groups in total. The van der Waals surface area contributed by atoms with E-state index >= 15 is 0 Å². The Morgan fingerprint density at radius 2 is 1.85 bits per heavy atom. The number of nitrogens with zero attached hydrogens (tertiary/aromatic N) is 1. The van der Waals surface area contributed by atoms with Gasteiger partial charge < -0.3 is 25.0 Å². The lowest BCUT2D eigenvalue weighted by Crippen LogP contribution is -2.45. The van der Waals surface area contributed by atoms with Crippen molar-refractivity contribution in [1.82, 2.24) is 10.6 Å². The van der Waals surface area contributed by atoms with Gasteiger partial charge in [-0.2, -0.15) is 0 Å². The Morgan fingerprint density at radius 1 is 1.12 bits per heavy atom. The third-order valence-electron chi connectivity index (χ3n) is 4.78. The fourth-order valence-corrected chi connectivity index (χ4v) is 3.43. The third-order valence-corrected chi connectivity index (χ3v) is 4.78. The summed E-state index contributed by atoms with van der Waals surface area (Å²) in [6, 6.07) is 5.55. The number of carbonyl (C=O) groups is 2. The highest BCUT2D eigenvalue weighted by atomic mass is 16.6. The molecule has 1 fully saturated rings. The minimum Gasteiger partial charge on any atom is -0.486 e. The molecule has 1 aromatic rings. The average Bonchev–Trinajstić information content (AvgIpc) is 2.65. The van der Waals surface area contributed by atoms with Gasteiger partial charge in [-0.05, 0) is 25.0 Å². The van der Waals surface area contributed by atoms with Crippen molar-refractivity contribution >= 4 is 17.6 Å². The first-order valence-corrected chi connectivity index (χ1v) is 9.35. The van der Waals surface area contributed by atoms with Crippen LogP contribution in [0, 0.1) is 0 Å². The standard InChI is InChI=1S/C19H27N3O4/c1-14(23)22(16-7-8-17-18(13-16)26-12-11-25-17)10-9-20-19(24)21-15-5-3-2-4-6-15/h7-8,13,15H,2-6,9-12H2,1H3,(H2,20,21,24). The van der Waals surface area contributed by atoms with Crippen LogP contribution in [0.1, 0.15) is 39.0 Å². The summed E-state index contributed by atoms with van der Waals surface area (Å²) in [6.07, 6.45) is 5.69. The van der Waals surface area contributed by atoms with Crippen LogP contribution in [0.5, 0.6) is 11.5 Å². The smallest absolute Gasteiger partial charge is 0.315 e. The van der Waals surface area contributed by atoms with Crippen LogP contribution in [0.2, 0.25) is 0 Å². The zero-order chi connectivity index (χ0) is 18.4. The van der Waals surface area contributed by atoms with Gasteiger partial charge in [0.25, 0.3) is 0 Å². The molecule has 142 valence electrons. The van der Waals surface area contributed by atoms with Gasteiger partial charge in [0.2, 0.25) is 5.91 Å². The zero-order valence-electron chi connectivity index (χ0n) is 15.3. The molecular weight excluding hydrogens is 334 g/mol. The number of carbonyl (C=O) groups excluding carboxylic acids is 2. The quantitative estimate of drug-likeness (QED) is 0.844. The van der Waals surface area contributed by atoms with Gasteiger partial charge >= 0.3 is 6.03 Å². The molecule has 26 heavy (non-hydrogen) atoms. The Labute approximate surface area is 154 Å². The molecule has 3 rings (SSSR count). The molecule has 0 radical (unpaired) electrons. The second kappa shape index (κ2) is 8.78. The van der Waals surface area contributed by atoms with Crippen LogP contribution >= 0.6 is 0 Å². The number of fused-ring (bicyclic) bond motifs is 1. The van der Waals surface area contributed by atoms with E-state index in [-0.39, 0.29) is 18.0 Å². The molecule has 0 bridgehead atoms. The Hall–Kier alpha value is -2.44. The van der Waals surface area contributed by atoms with Crippen molar-refractivity contribution in [1.29, 1.82) is 0 Å². The Kier molecular flexibility index (Phi) is 6.20. The van der Waals surface area contributed by atoms with Crippen LogP contribution in [0.25, 0.3) is 0 Å². The summed E-state index contributed by atoms with van der Waals surface area (Å²) in [5, 5.41) is 5.86. The first-order valence-electron chi connectivity index (χ1n) is 9.35. The van der Waals surface area contributed by atoms with Crippen molar-refractivity contribution in [3.8, 4) is 11.5 Å². The van der Waals surface area contributed by atoms with E-state index in [1.807, 2.05) is 12.1 Å². The molecule has 2 aliphatic rings. The third kappa shape index (κ3) is 4.80. The van der Waals surface area contributed by atoms with E-state index in [1.165, 1.54) is 26.2 Å². The van der Waals surface area contributed by atoms with E-state index in [0.29, 0.717) is 37.8 Å². The van der Waals surface area contributed by atoms with Crippen molar-refractivity contribution in [3.05, 3.63) is 18.2 Å². The van der Waals surface area contributed by atoms with E-state index in [0.717, 1.165) is 18.5 Å². The van der Waals surface area contributed by atoms with E-state index < -0.39 is 0 Å². The Morgan fingerprint density at radius 3 is 2.58 bits per heavy atom. The van der Waals surface area contributed by atoms with Gasteiger partial charge in [0.1, 0.15) is 13.2 Å². The van der Waals surface area contributed by atoms with Crippen LogP contribution in [-0.2, 0) is 4.79 Å². The molecule has 1 aromatic carbocycles. The van der Waals surface area contributed by atoms with Crippen LogP contribution < -0.4 is 25.0 Å². The number of amides is 3. The predicted molar refractivity (Wildman–Crippen MR) is 98.9 cm³/mol. The SMILES string of the molecule is CC(=O)N(CCNC(=O)NC1CCCCC1)c1ccc2c(c1)OCCO2. The van der Waals surface area contributed by atoms with Crippen molar-refractivity contribution in [2.45, 2.75) is 45.1 Å². The molecule has 0 unspecified atom stereocenters. The van der Waals surface area contributed by atoms with E-state index in [2.05, 4.69) is 10.6 Å². The van der Waals surface area contributed by atoms with E-state index in [9.17, 15) is 9.59 Å². The highest BCUT2D eigenvalue weighted by Gasteiger charge is 2.18. The molecule has 1 aliphatic heterocycles. The van der Waals surface area contributed by atoms with Gasteiger partial charge in [-0.15, -0.1) is 0 Å². The largest absolute Gasteiger partial charge is 0.486 e. The van der Waals surface area contributed by atoms with Gasteiger partial charge in [-0.3, -0.25) is 4.79 Å². The molecule has 7 nitrogen and oxygen atoms in total. The number of ether oxygens (including phenoxy) is 2. The minimum atomic E-state index is -0.164. The predicted octanol–water partition coefficient (Wildman–Crippen LogP) is 2.44. The lowest BCUT2D eigenvalue weighted by Gasteiger charge is -2.25. The summed E-state index contributed by atoms with van der Waals surface area (Å²) in [4.78, 5) is 25.7. The molecule has 0 atom stereocenters. The summed E-state index contributed by atoms with van der Waals surface area (Å²) in [5.41, 5.74) is 0.733. The van der Waals surface area contributed by atoms with E-state index in [1.54, 1.807) is 11.0 Å². The molecule has 7 heteroatoms. The molecule has 1 saturated carbocycles. The fourth-order valence-electron chi connectivity index (χ4n) is 3.43. The molecule has 3 amide bonds. The maximum Gasteiger partial charge on any atom is 0.315 e. The van der Waals surface area contributed by atoms with Gasteiger partial charge in [-0.1, -0.05) is 19.3 Å². The second-order valence-corrected chi connectivity index (χ2v) is 6.73. The maximum atomic E-state index is 12.0. The monoisotopic (exact) mass is 361 g/mol. The molecule has 0 aromatic heterocycles. The number of anilines is 1. The van der Waals surface area contributed by atoms with Crippen molar-refractivity contribution < 1.29 is 19.1 Å². The Balaban J connectivity index is 1.52. The van der Waals surface area contributed by atoms with Gasteiger partial charge in [0.05, 0.1) is 0 Å². The van der Waals surface area contributed by atoms with Crippen LogP contribution in [0.3, 0.4) is 0 Å². The number of rotatable bonds is 5. The first kappa shape index (κ1) is 18.4. The maximum absolute atomic E-state index is 12.0. The highest BCUT2D eigenvalue weighted by molar-refractivity contribution is 5.92. The number of nitrogens with one attached hydrogen (secondary N) is 2. The lowest BCUT2D eigenvalue weighted by molar-refractivity contribution is -0.116. The number of benzene rings is 1. The van der Waals surface area contributed by atoms with Gasteiger partial charge in [-0.25, -0.2) is 4.79 Å². The molecule has 0 saturated heterocycles. The van der Waals surface area contributed by atoms with Gasteiger partial charge in [0.15, 0.2) is 11.5 Å². The van der Waals surface area contributed by atoms with Crippen molar-refractivity contribution in [2.75, 3.05) is 31.2 Å². The lowest BCUT2D eigenvalue weighted by atomic mass is 9.96. The summed E-state index contributed by atoms with van der Waals surface area (Å²) in [6.45, 7) is 3.32. The highest BCUT2D eigenvalue weighted by Crippen LogP contribution is 2.33. The normalized spacial score (nSPS) is 16.7. The molecule has 1 aliphatic carbocycles. The average molecular weight is 361 g/mol. The van der Waals surface area contributed by atoms with Crippen molar-refractivity contribution in [3.63, 3.8) is 0 Å². The minimum absolute atomic E-state index is 0.0869. The summed E-state index contributed by atoms with van der Waals surface area (Å²) in [7, 11) is 0. The van der Waals surface area contributed by atoms with E-state index in [4.69, 9.17) is 9.47 Å². The second-order valence-electron chi connectivity index (χ2n) is 6.73. The first-order chi connectivity index (χ1) is 12.6. The number of urea groups is 1. The summed E-state index contributed by atoms with van der Waals surface area (Å²) >= 11 is 0. The molecular formula is C19H27N3O4. The molecule has 1 heterocycles.